The number of carbonyl (C=O) groups is 2. The van der Waals surface area contributed by atoms with E-state index in [1.54, 1.807) is 22.4 Å². The fourth-order valence-electron chi connectivity index (χ4n) is 4.22. The lowest BCUT2D eigenvalue weighted by Crippen LogP contribution is -2.59. The van der Waals surface area contributed by atoms with Crippen LogP contribution in [0.15, 0.2) is 29.6 Å². The van der Waals surface area contributed by atoms with E-state index in [0.717, 1.165) is 5.56 Å². The van der Waals surface area contributed by atoms with Crippen LogP contribution in [-0.2, 0) is 21.6 Å². The Morgan fingerprint density at radius 3 is 2.50 bits per heavy atom. The van der Waals surface area contributed by atoms with Gasteiger partial charge in [0.15, 0.2) is 5.13 Å². The van der Waals surface area contributed by atoms with Gasteiger partial charge < -0.3 is 20.4 Å². The Morgan fingerprint density at radius 1 is 1.28 bits per heavy atom. The number of hydrogen-bond acceptors (Lipinski definition) is 6. The van der Waals surface area contributed by atoms with Gasteiger partial charge in [-0.05, 0) is 30.0 Å². The van der Waals surface area contributed by atoms with Gasteiger partial charge >= 0.3 is 5.97 Å². The normalized spacial score (nSPS) is 21.4. The van der Waals surface area contributed by atoms with Crippen molar-refractivity contribution in [1.82, 2.24) is 9.88 Å². The molecule has 1 fully saturated rings. The Balaban J connectivity index is 1.75. The molecule has 1 amide bonds. The van der Waals surface area contributed by atoms with Crippen molar-refractivity contribution in [3.05, 3.63) is 45.9 Å². The summed E-state index contributed by atoms with van der Waals surface area (Å²) >= 11 is 7.31. The maximum atomic E-state index is 13.5. The smallest absolute Gasteiger partial charge is 0.309 e. The molecular weight excluding hydrogens is 450 g/mol. The number of anilines is 1. The van der Waals surface area contributed by atoms with Crippen LogP contribution in [-0.4, -0.2) is 51.1 Å². The van der Waals surface area contributed by atoms with Crippen LogP contribution in [0.4, 0.5) is 5.13 Å². The van der Waals surface area contributed by atoms with Crippen LogP contribution in [0.5, 0.6) is 0 Å². The zero-order chi connectivity index (χ0) is 23.7. The predicted octanol–water partition coefficient (Wildman–Crippen LogP) is 4.01. The van der Waals surface area contributed by atoms with Gasteiger partial charge in [0.1, 0.15) is 6.04 Å². The Kier molecular flexibility index (Phi) is 7.17. The van der Waals surface area contributed by atoms with Crippen molar-refractivity contribution in [2.75, 3.05) is 18.4 Å². The standard InChI is InChI=1S/C23H30ClN3O4S/c1-14(2)19(26-21-25-17(12-32-21)11-18(28)29)20(30)27-10-9-23(31,22(3,4)13-27)15-5-7-16(24)8-6-15/h5-8,12,14,19,31H,9-11,13H2,1-4H3,(H,25,26)(H,28,29)/t19-,23+/m1/s1. The number of thiazole rings is 1. The van der Waals surface area contributed by atoms with E-state index in [2.05, 4.69) is 10.3 Å². The van der Waals surface area contributed by atoms with Crippen molar-refractivity contribution in [3.63, 3.8) is 0 Å². The van der Waals surface area contributed by atoms with E-state index in [4.69, 9.17) is 16.7 Å². The monoisotopic (exact) mass is 479 g/mol. The van der Waals surface area contributed by atoms with E-state index in [-0.39, 0.29) is 18.2 Å². The van der Waals surface area contributed by atoms with Crippen molar-refractivity contribution >= 4 is 39.9 Å². The highest BCUT2D eigenvalue weighted by Gasteiger charge is 2.50. The Morgan fingerprint density at radius 2 is 1.94 bits per heavy atom. The van der Waals surface area contributed by atoms with Crippen molar-refractivity contribution < 1.29 is 19.8 Å². The Hall–Kier alpha value is -2.16. The number of likely N-dealkylation sites (tertiary alicyclic amines) is 1. The summed E-state index contributed by atoms with van der Waals surface area (Å²) in [5.74, 6) is -1.00. The second kappa shape index (κ2) is 9.37. The summed E-state index contributed by atoms with van der Waals surface area (Å²) in [7, 11) is 0. The molecule has 0 spiro atoms. The molecule has 1 aromatic carbocycles. The van der Waals surface area contributed by atoms with Gasteiger partial charge in [0.05, 0.1) is 17.7 Å². The third-order valence-electron chi connectivity index (χ3n) is 6.18. The molecule has 3 N–H and O–H groups in total. The molecule has 0 radical (unpaired) electrons. The molecule has 1 saturated heterocycles. The maximum Gasteiger partial charge on any atom is 0.309 e. The minimum Gasteiger partial charge on any atom is -0.481 e. The number of halogens is 1. The van der Waals surface area contributed by atoms with Crippen molar-refractivity contribution in [2.24, 2.45) is 11.3 Å². The minimum absolute atomic E-state index is 0.00508. The SMILES string of the molecule is CC(C)[C@@H](Nc1nc(CC(=O)O)cs1)C(=O)N1CC[C@](O)(c2ccc(Cl)cc2)C(C)(C)C1. The van der Waals surface area contributed by atoms with Gasteiger partial charge in [0.25, 0.3) is 0 Å². The summed E-state index contributed by atoms with van der Waals surface area (Å²) in [6, 6.07) is 6.73. The largest absolute Gasteiger partial charge is 0.481 e. The summed E-state index contributed by atoms with van der Waals surface area (Å²) in [5.41, 5.74) is -0.388. The lowest BCUT2D eigenvalue weighted by atomic mass is 9.66. The van der Waals surface area contributed by atoms with E-state index < -0.39 is 23.0 Å². The van der Waals surface area contributed by atoms with E-state index in [1.807, 2.05) is 39.8 Å². The number of nitrogens with zero attached hydrogens (tertiary/aromatic N) is 2. The highest BCUT2D eigenvalue weighted by atomic mass is 35.5. The number of nitrogens with one attached hydrogen (secondary N) is 1. The number of carbonyl (C=O) groups excluding carboxylic acids is 1. The summed E-state index contributed by atoms with van der Waals surface area (Å²) in [5, 5.41) is 26.5. The molecule has 32 heavy (non-hydrogen) atoms. The van der Waals surface area contributed by atoms with Gasteiger partial charge in [0, 0.05) is 28.9 Å². The molecule has 2 heterocycles. The van der Waals surface area contributed by atoms with Crippen LogP contribution in [0.3, 0.4) is 0 Å². The third kappa shape index (κ3) is 5.08. The highest BCUT2D eigenvalue weighted by Crippen LogP contribution is 2.46. The average Bonchev–Trinajstić information content (AvgIpc) is 3.14. The second-order valence-corrected chi connectivity index (χ2v) is 10.6. The van der Waals surface area contributed by atoms with Crippen molar-refractivity contribution in [1.29, 1.82) is 0 Å². The van der Waals surface area contributed by atoms with Crippen LogP contribution < -0.4 is 5.32 Å². The number of carboxylic acid groups (broad SMARTS) is 1. The lowest BCUT2D eigenvalue weighted by molar-refractivity contribution is -0.154. The average molecular weight is 480 g/mol. The minimum atomic E-state index is -1.07. The fraction of sp³-hybridized carbons (Fsp3) is 0.522. The topological polar surface area (TPSA) is 103 Å². The molecule has 174 valence electrons. The first-order valence-corrected chi connectivity index (χ1v) is 11.9. The first-order valence-electron chi connectivity index (χ1n) is 10.6. The molecule has 0 bridgehead atoms. The number of rotatable bonds is 7. The molecule has 3 rings (SSSR count). The summed E-state index contributed by atoms with van der Waals surface area (Å²) in [4.78, 5) is 30.5. The molecule has 2 aromatic rings. The Bertz CT molecular complexity index is 976. The number of aromatic nitrogens is 1. The predicted molar refractivity (Wildman–Crippen MR) is 126 cm³/mol. The van der Waals surface area contributed by atoms with Crippen LogP contribution >= 0.6 is 22.9 Å². The van der Waals surface area contributed by atoms with E-state index in [0.29, 0.717) is 35.4 Å². The molecule has 0 saturated carbocycles. The first kappa shape index (κ1) is 24.5. The van der Waals surface area contributed by atoms with Gasteiger partial charge in [-0.15, -0.1) is 11.3 Å². The number of aliphatic carboxylic acids is 1. The summed E-state index contributed by atoms with van der Waals surface area (Å²) < 4.78 is 0. The molecule has 2 atom stereocenters. The molecule has 0 aliphatic carbocycles. The molecule has 0 unspecified atom stereocenters. The van der Waals surface area contributed by atoms with Gasteiger partial charge in [-0.25, -0.2) is 4.98 Å². The second-order valence-electron chi connectivity index (χ2n) is 9.34. The van der Waals surface area contributed by atoms with E-state index in [9.17, 15) is 14.7 Å². The Labute approximate surface area is 197 Å². The quantitative estimate of drug-likeness (QED) is 0.554. The third-order valence-corrected chi connectivity index (χ3v) is 7.25. The summed E-state index contributed by atoms with van der Waals surface area (Å²) in [6.45, 7) is 8.68. The van der Waals surface area contributed by atoms with Crippen LogP contribution in [0.1, 0.15) is 45.4 Å². The number of piperidine rings is 1. The highest BCUT2D eigenvalue weighted by molar-refractivity contribution is 7.13. The van der Waals surface area contributed by atoms with Gasteiger partial charge in [-0.2, -0.15) is 0 Å². The number of hydrogen-bond donors (Lipinski definition) is 3. The lowest BCUT2D eigenvalue weighted by Gasteiger charge is -2.51. The zero-order valence-corrected chi connectivity index (χ0v) is 20.3. The van der Waals surface area contributed by atoms with Crippen molar-refractivity contribution in [3.8, 4) is 0 Å². The molecule has 1 aromatic heterocycles. The van der Waals surface area contributed by atoms with Crippen LogP contribution in [0, 0.1) is 11.3 Å². The number of aliphatic hydroxyl groups is 1. The van der Waals surface area contributed by atoms with E-state index >= 15 is 0 Å². The molecule has 1 aliphatic rings. The van der Waals surface area contributed by atoms with Gasteiger partial charge in [0.2, 0.25) is 5.91 Å². The van der Waals surface area contributed by atoms with Gasteiger partial charge in [-0.3, -0.25) is 9.59 Å². The summed E-state index contributed by atoms with van der Waals surface area (Å²) in [6.07, 6.45) is 0.264. The van der Waals surface area contributed by atoms with Crippen molar-refractivity contribution in [2.45, 2.75) is 52.2 Å². The molecule has 1 aliphatic heterocycles. The molecular formula is C23H30ClN3O4S. The molecule has 9 heteroatoms. The molecule has 7 nitrogen and oxygen atoms in total. The number of carboxylic acids is 1. The zero-order valence-electron chi connectivity index (χ0n) is 18.8. The van der Waals surface area contributed by atoms with Crippen LogP contribution in [0.25, 0.3) is 0 Å². The van der Waals surface area contributed by atoms with Crippen LogP contribution in [0.2, 0.25) is 5.02 Å². The first-order chi connectivity index (χ1) is 14.9. The fourth-order valence-corrected chi connectivity index (χ4v) is 5.10. The number of benzene rings is 1. The van der Waals surface area contributed by atoms with Gasteiger partial charge in [-0.1, -0.05) is 51.4 Å². The number of amides is 1. The van der Waals surface area contributed by atoms with E-state index in [1.165, 1.54) is 11.3 Å². The maximum absolute atomic E-state index is 13.5.